The molecule has 0 saturated carbocycles. The van der Waals surface area contributed by atoms with Crippen molar-refractivity contribution in [2.24, 2.45) is 10.9 Å². The molecule has 2 heterocycles. The van der Waals surface area contributed by atoms with E-state index in [0.717, 1.165) is 11.1 Å². The van der Waals surface area contributed by atoms with E-state index in [1.165, 1.54) is 6.92 Å². The maximum absolute atomic E-state index is 13.2. The smallest absolute Gasteiger partial charge is 0.342 e. The van der Waals surface area contributed by atoms with Crippen molar-refractivity contribution in [2.45, 2.75) is 26.4 Å². The van der Waals surface area contributed by atoms with Crippen LogP contribution in [-0.4, -0.2) is 42.1 Å². The molecule has 3 aliphatic rings. The summed E-state index contributed by atoms with van der Waals surface area (Å²) >= 11 is 0. The van der Waals surface area contributed by atoms with Gasteiger partial charge in [-0.25, -0.2) is 4.79 Å². The van der Waals surface area contributed by atoms with Crippen LogP contribution in [0.5, 0.6) is 5.75 Å². The number of ether oxygens (including phenoxy) is 3. The second kappa shape index (κ2) is 7.58. The zero-order valence-corrected chi connectivity index (χ0v) is 20.3. The van der Waals surface area contributed by atoms with Crippen LogP contribution in [0.2, 0.25) is 0 Å². The second-order valence-corrected chi connectivity index (χ2v) is 9.00. The Hall–Kier alpha value is -4.33. The molecule has 2 aliphatic carbocycles. The van der Waals surface area contributed by atoms with Gasteiger partial charge in [0.1, 0.15) is 11.3 Å². The molecule has 1 aromatic heterocycles. The van der Waals surface area contributed by atoms with Crippen molar-refractivity contribution in [3.8, 4) is 17.0 Å². The SMILES string of the molecule is CCOC(=O)c1c(C)nc2c3c1N=C1c4ccc(OC)cc4C(=N)C1[C@@]3(OC(C)=O)c1ccccc1-2. The molecule has 8 heteroatoms. The van der Waals surface area contributed by atoms with Gasteiger partial charge in [0.15, 0.2) is 5.60 Å². The predicted molar refractivity (Wildman–Crippen MR) is 132 cm³/mol. The number of aryl methyl sites for hydroxylation is 1. The van der Waals surface area contributed by atoms with Gasteiger partial charge in [-0.3, -0.25) is 14.8 Å². The van der Waals surface area contributed by atoms with Crippen LogP contribution in [0.15, 0.2) is 47.5 Å². The number of aliphatic imine (C=N–C) groups is 1. The molecule has 2 atom stereocenters. The van der Waals surface area contributed by atoms with Crippen LogP contribution in [0.3, 0.4) is 0 Å². The Labute approximate surface area is 207 Å². The normalized spacial score (nSPS) is 20.1. The Kier molecular flexibility index (Phi) is 4.67. The number of carbonyl (C=O) groups excluding carboxylic acids is 2. The first-order chi connectivity index (χ1) is 17.3. The summed E-state index contributed by atoms with van der Waals surface area (Å²) in [7, 11) is 1.57. The summed E-state index contributed by atoms with van der Waals surface area (Å²) in [6, 6.07) is 13.0. The molecule has 0 fully saturated rings. The number of pyridine rings is 1. The third-order valence-corrected chi connectivity index (χ3v) is 7.08. The molecular formula is C28H23N3O5. The zero-order chi connectivity index (χ0) is 25.4. The van der Waals surface area contributed by atoms with Crippen LogP contribution >= 0.6 is 0 Å². The Morgan fingerprint density at radius 2 is 1.89 bits per heavy atom. The van der Waals surface area contributed by atoms with Gasteiger partial charge in [0.05, 0.1) is 53.7 Å². The van der Waals surface area contributed by atoms with Crippen molar-refractivity contribution in [2.75, 3.05) is 13.7 Å². The highest BCUT2D eigenvalue weighted by Crippen LogP contribution is 2.61. The molecule has 0 radical (unpaired) electrons. The Morgan fingerprint density at radius 3 is 2.61 bits per heavy atom. The van der Waals surface area contributed by atoms with Gasteiger partial charge in [-0.2, -0.15) is 0 Å². The fourth-order valence-electron chi connectivity index (χ4n) is 5.82. The fraction of sp³-hybridized carbons (Fsp3) is 0.250. The summed E-state index contributed by atoms with van der Waals surface area (Å²) in [6.07, 6.45) is 0. The van der Waals surface area contributed by atoms with Gasteiger partial charge < -0.3 is 19.6 Å². The molecular weight excluding hydrogens is 458 g/mol. The molecule has 6 rings (SSSR count). The highest BCUT2D eigenvalue weighted by atomic mass is 16.6. The summed E-state index contributed by atoms with van der Waals surface area (Å²) in [6.45, 7) is 5.03. The zero-order valence-electron chi connectivity index (χ0n) is 20.3. The highest BCUT2D eigenvalue weighted by molar-refractivity contribution is 6.32. The molecule has 0 saturated heterocycles. The minimum atomic E-state index is -1.41. The number of esters is 2. The molecule has 3 aromatic rings. The maximum Gasteiger partial charge on any atom is 0.342 e. The number of rotatable bonds is 4. The Bertz CT molecular complexity index is 1560. The number of nitrogens with one attached hydrogen (secondary N) is 1. The maximum atomic E-state index is 13.2. The molecule has 8 nitrogen and oxygen atoms in total. The molecule has 1 unspecified atom stereocenters. The van der Waals surface area contributed by atoms with Gasteiger partial charge in [0, 0.05) is 29.2 Å². The minimum absolute atomic E-state index is 0.191. The quantitative estimate of drug-likeness (QED) is 0.550. The van der Waals surface area contributed by atoms with E-state index in [-0.39, 0.29) is 17.9 Å². The highest BCUT2D eigenvalue weighted by Gasteiger charge is 2.62. The number of aromatic nitrogens is 1. The van der Waals surface area contributed by atoms with E-state index in [1.54, 1.807) is 27.0 Å². The monoisotopic (exact) mass is 481 g/mol. The van der Waals surface area contributed by atoms with Crippen LogP contribution in [0.4, 0.5) is 5.69 Å². The van der Waals surface area contributed by atoms with Crippen molar-refractivity contribution < 1.29 is 23.8 Å². The van der Waals surface area contributed by atoms with Gasteiger partial charge in [0.2, 0.25) is 0 Å². The minimum Gasteiger partial charge on any atom is -0.497 e. The fourth-order valence-corrected chi connectivity index (χ4v) is 5.82. The number of carbonyl (C=O) groups is 2. The first-order valence-electron chi connectivity index (χ1n) is 11.7. The molecule has 1 N–H and O–H groups in total. The van der Waals surface area contributed by atoms with Crippen LogP contribution in [0.25, 0.3) is 11.3 Å². The van der Waals surface area contributed by atoms with Crippen LogP contribution in [0, 0.1) is 18.3 Å². The predicted octanol–water partition coefficient (Wildman–Crippen LogP) is 4.49. The summed E-state index contributed by atoms with van der Waals surface area (Å²) in [5.41, 5.74) is 4.48. The summed E-state index contributed by atoms with van der Waals surface area (Å²) in [5, 5.41) is 9.24. The average molecular weight is 482 g/mol. The van der Waals surface area contributed by atoms with E-state index in [1.807, 2.05) is 36.4 Å². The number of hydrogen-bond donors (Lipinski definition) is 1. The Balaban J connectivity index is 1.77. The van der Waals surface area contributed by atoms with Crippen LogP contribution in [-0.2, 0) is 19.9 Å². The second-order valence-electron chi connectivity index (χ2n) is 9.00. The molecule has 2 aromatic carbocycles. The van der Waals surface area contributed by atoms with E-state index >= 15 is 0 Å². The van der Waals surface area contributed by atoms with Crippen LogP contribution < -0.4 is 4.74 Å². The first-order valence-corrected chi connectivity index (χ1v) is 11.7. The summed E-state index contributed by atoms with van der Waals surface area (Å²) in [5.74, 6) is -1.17. The molecule has 0 amide bonds. The lowest BCUT2D eigenvalue weighted by Gasteiger charge is -2.40. The van der Waals surface area contributed by atoms with E-state index < -0.39 is 23.5 Å². The molecule has 0 spiro atoms. The number of fused-ring (bicyclic) bond motifs is 7. The van der Waals surface area contributed by atoms with Gasteiger partial charge in [0.25, 0.3) is 0 Å². The Morgan fingerprint density at radius 1 is 1.11 bits per heavy atom. The van der Waals surface area contributed by atoms with Crippen molar-refractivity contribution >= 4 is 29.0 Å². The number of methoxy groups -OCH3 is 1. The van der Waals surface area contributed by atoms with Crippen molar-refractivity contribution in [3.05, 3.63) is 76.0 Å². The van der Waals surface area contributed by atoms with Crippen LogP contribution in [0.1, 0.15) is 52.2 Å². The summed E-state index contributed by atoms with van der Waals surface area (Å²) in [4.78, 5) is 35.7. The van der Waals surface area contributed by atoms with Crippen molar-refractivity contribution in [3.63, 3.8) is 0 Å². The van der Waals surface area contributed by atoms with Gasteiger partial charge in [-0.05, 0) is 32.0 Å². The third kappa shape index (κ3) is 2.66. The standard InChI is InChI=1S/C28H23N3O5/c1-5-35-27(33)20-13(2)30-25-17-8-6-7-9-19(17)28(36-14(3)32)21-23(29)18-12-15(34-4)10-11-16(18)24(21)31-26(20)22(25)28/h6-12,21,29H,5H2,1-4H3/t21?,28-/m0/s1. The van der Waals surface area contributed by atoms with E-state index in [2.05, 4.69) is 0 Å². The first kappa shape index (κ1) is 22.2. The number of hydrogen-bond acceptors (Lipinski definition) is 8. The molecule has 36 heavy (non-hydrogen) atoms. The summed E-state index contributed by atoms with van der Waals surface area (Å²) < 4.78 is 17.0. The number of nitrogens with zero attached hydrogens (tertiary/aromatic N) is 2. The average Bonchev–Trinajstić information content (AvgIpc) is 3.29. The third-order valence-electron chi connectivity index (χ3n) is 7.08. The van der Waals surface area contributed by atoms with E-state index in [9.17, 15) is 15.0 Å². The van der Waals surface area contributed by atoms with Gasteiger partial charge in [-0.1, -0.05) is 24.3 Å². The molecule has 1 aliphatic heterocycles. The number of benzene rings is 2. The topological polar surface area (TPSA) is 111 Å². The van der Waals surface area contributed by atoms with E-state index in [4.69, 9.17) is 24.2 Å². The molecule has 0 bridgehead atoms. The largest absolute Gasteiger partial charge is 0.497 e. The lowest BCUT2D eigenvalue weighted by Crippen LogP contribution is -2.46. The van der Waals surface area contributed by atoms with Gasteiger partial charge in [-0.15, -0.1) is 0 Å². The van der Waals surface area contributed by atoms with Crippen molar-refractivity contribution in [1.29, 1.82) is 5.41 Å². The lowest BCUT2D eigenvalue weighted by atomic mass is 9.73. The lowest BCUT2D eigenvalue weighted by molar-refractivity contribution is -0.154. The van der Waals surface area contributed by atoms with E-state index in [0.29, 0.717) is 45.2 Å². The molecule has 180 valence electrons. The van der Waals surface area contributed by atoms with Gasteiger partial charge >= 0.3 is 11.9 Å². The van der Waals surface area contributed by atoms with Crippen molar-refractivity contribution in [1.82, 2.24) is 4.98 Å².